The highest BCUT2D eigenvalue weighted by molar-refractivity contribution is 5.85. The minimum absolute atomic E-state index is 0. The number of hydrogen-bond acceptors (Lipinski definition) is 5. The summed E-state index contributed by atoms with van der Waals surface area (Å²) < 4.78 is 5.29. The van der Waals surface area contributed by atoms with E-state index < -0.39 is 0 Å². The summed E-state index contributed by atoms with van der Waals surface area (Å²) in [6.07, 6.45) is 7.47. The molecule has 2 saturated carbocycles. The molecule has 2 heterocycles. The number of nitrogens with two attached hydrogens (primary N) is 1. The first-order chi connectivity index (χ1) is 9.24. The highest BCUT2D eigenvalue weighted by atomic mass is 35.5. The Morgan fingerprint density at radius 3 is 2.60 bits per heavy atom. The van der Waals surface area contributed by atoms with Gasteiger partial charge in [-0.1, -0.05) is 11.2 Å². The van der Waals surface area contributed by atoms with Crippen LogP contribution in [-0.4, -0.2) is 15.1 Å². The fourth-order valence-electron chi connectivity index (χ4n) is 2.50. The van der Waals surface area contributed by atoms with Crippen molar-refractivity contribution in [2.75, 3.05) is 0 Å². The van der Waals surface area contributed by atoms with Crippen molar-refractivity contribution in [2.45, 2.75) is 43.6 Å². The van der Waals surface area contributed by atoms with Crippen molar-refractivity contribution in [1.82, 2.24) is 15.1 Å². The molecule has 0 saturated heterocycles. The first-order valence-electron chi connectivity index (χ1n) is 6.84. The van der Waals surface area contributed by atoms with Gasteiger partial charge in [0.2, 0.25) is 0 Å². The molecule has 2 fully saturated rings. The van der Waals surface area contributed by atoms with Gasteiger partial charge in [0.1, 0.15) is 5.69 Å². The maximum atomic E-state index is 6.18. The molecule has 2 aliphatic carbocycles. The summed E-state index contributed by atoms with van der Waals surface area (Å²) in [5.41, 5.74) is 7.83. The van der Waals surface area contributed by atoms with Gasteiger partial charge >= 0.3 is 0 Å². The normalized spacial score (nSPS) is 20.1. The van der Waals surface area contributed by atoms with E-state index in [0.717, 1.165) is 25.0 Å². The molecule has 5 nitrogen and oxygen atoms in total. The van der Waals surface area contributed by atoms with Crippen molar-refractivity contribution >= 4 is 12.4 Å². The number of aromatic nitrogens is 3. The monoisotopic (exact) mass is 292 g/mol. The van der Waals surface area contributed by atoms with E-state index in [0.29, 0.717) is 17.6 Å². The van der Waals surface area contributed by atoms with Crippen LogP contribution in [0.5, 0.6) is 0 Å². The van der Waals surface area contributed by atoms with E-state index in [-0.39, 0.29) is 17.9 Å². The third-order valence-electron chi connectivity index (χ3n) is 4.17. The summed E-state index contributed by atoms with van der Waals surface area (Å²) in [7, 11) is 0. The van der Waals surface area contributed by atoms with E-state index in [1.54, 1.807) is 0 Å². The highest BCUT2D eigenvalue weighted by Gasteiger charge is 2.39. The maximum absolute atomic E-state index is 6.18. The number of pyridine rings is 1. The number of nitrogens with zero attached hydrogens (tertiary/aromatic N) is 3. The van der Waals surface area contributed by atoms with Gasteiger partial charge in [0, 0.05) is 6.20 Å². The molecule has 2 aromatic heterocycles. The lowest BCUT2D eigenvalue weighted by atomic mass is 9.77. The van der Waals surface area contributed by atoms with Crippen LogP contribution in [0.2, 0.25) is 0 Å². The second kappa shape index (κ2) is 4.82. The molecule has 0 atom stereocenters. The van der Waals surface area contributed by atoms with Gasteiger partial charge in [-0.05, 0) is 49.7 Å². The fraction of sp³-hybridized carbons (Fsp3) is 0.500. The lowest BCUT2D eigenvalue weighted by Crippen LogP contribution is -2.44. The van der Waals surface area contributed by atoms with E-state index in [1.165, 1.54) is 18.4 Å². The molecule has 0 aromatic carbocycles. The smallest absolute Gasteiger partial charge is 0.276 e. The van der Waals surface area contributed by atoms with Crippen molar-refractivity contribution in [2.24, 2.45) is 5.73 Å². The molecular formula is C14H17ClN4O. The zero-order chi connectivity index (χ0) is 12.9. The minimum Gasteiger partial charge on any atom is -0.332 e. The summed E-state index contributed by atoms with van der Waals surface area (Å²) in [5, 5.41) is 4.01. The standard InChI is InChI=1S/C14H16N4O.ClH/c15-14(6-1-7-14)13-17-12(19-18-13)11-5-4-10(8-16-11)9-2-3-9;/h4-5,8-9H,1-3,6-7,15H2;1H. The summed E-state index contributed by atoms with van der Waals surface area (Å²) in [5.74, 6) is 1.79. The van der Waals surface area contributed by atoms with Gasteiger partial charge in [-0.3, -0.25) is 4.98 Å². The molecule has 2 aliphatic rings. The lowest BCUT2D eigenvalue weighted by molar-refractivity contribution is 0.229. The third-order valence-corrected chi connectivity index (χ3v) is 4.17. The zero-order valence-corrected chi connectivity index (χ0v) is 11.9. The van der Waals surface area contributed by atoms with E-state index in [9.17, 15) is 0 Å². The molecule has 0 unspecified atom stereocenters. The zero-order valence-electron chi connectivity index (χ0n) is 11.1. The molecule has 4 rings (SSSR count). The predicted octanol–water partition coefficient (Wildman–Crippen LogP) is 2.77. The molecule has 106 valence electrons. The first kappa shape index (κ1) is 13.5. The van der Waals surface area contributed by atoms with Crippen molar-refractivity contribution in [3.05, 3.63) is 29.7 Å². The molecule has 0 radical (unpaired) electrons. The molecule has 0 spiro atoms. The summed E-state index contributed by atoms with van der Waals surface area (Å²) in [4.78, 5) is 8.81. The lowest BCUT2D eigenvalue weighted by Gasteiger charge is -2.34. The van der Waals surface area contributed by atoms with E-state index in [1.807, 2.05) is 12.3 Å². The number of hydrogen-bond donors (Lipinski definition) is 1. The summed E-state index contributed by atoms with van der Waals surface area (Å²) in [6, 6.07) is 4.06. The van der Waals surface area contributed by atoms with Gasteiger partial charge in [0.15, 0.2) is 5.82 Å². The Hall–Kier alpha value is -1.46. The highest BCUT2D eigenvalue weighted by Crippen LogP contribution is 2.40. The average Bonchev–Trinajstić information content (AvgIpc) is 3.14. The van der Waals surface area contributed by atoms with Gasteiger partial charge in [-0.25, -0.2) is 0 Å². The van der Waals surface area contributed by atoms with Crippen molar-refractivity contribution in [3.8, 4) is 11.6 Å². The second-order valence-electron chi connectivity index (χ2n) is 5.68. The Morgan fingerprint density at radius 2 is 2.05 bits per heavy atom. The molecule has 6 heteroatoms. The van der Waals surface area contributed by atoms with Crippen LogP contribution in [0.4, 0.5) is 0 Å². The van der Waals surface area contributed by atoms with Gasteiger partial charge in [-0.2, -0.15) is 4.98 Å². The second-order valence-corrected chi connectivity index (χ2v) is 5.68. The van der Waals surface area contributed by atoms with Crippen molar-refractivity contribution in [3.63, 3.8) is 0 Å². The quantitative estimate of drug-likeness (QED) is 0.941. The Morgan fingerprint density at radius 1 is 1.25 bits per heavy atom. The van der Waals surface area contributed by atoms with Crippen LogP contribution in [0.1, 0.15) is 49.4 Å². The van der Waals surface area contributed by atoms with Gasteiger partial charge in [-0.15, -0.1) is 12.4 Å². The predicted molar refractivity (Wildman–Crippen MR) is 76.5 cm³/mol. The molecule has 20 heavy (non-hydrogen) atoms. The fourth-order valence-corrected chi connectivity index (χ4v) is 2.50. The summed E-state index contributed by atoms with van der Waals surface area (Å²) in [6.45, 7) is 0. The SMILES string of the molecule is Cl.NC1(c2noc(-c3ccc(C4CC4)cn3)n2)CCC1. The molecule has 0 bridgehead atoms. The molecule has 0 aliphatic heterocycles. The van der Waals surface area contributed by atoms with Crippen LogP contribution in [0.25, 0.3) is 11.6 Å². The molecular weight excluding hydrogens is 276 g/mol. The average molecular weight is 293 g/mol. The topological polar surface area (TPSA) is 77.8 Å². The Kier molecular flexibility index (Phi) is 3.26. The third kappa shape index (κ3) is 2.21. The number of halogens is 1. The largest absolute Gasteiger partial charge is 0.332 e. The number of rotatable bonds is 3. The molecule has 2 N–H and O–H groups in total. The summed E-state index contributed by atoms with van der Waals surface area (Å²) >= 11 is 0. The van der Waals surface area contributed by atoms with Crippen LogP contribution in [-0.2, 0) is 5.54 Å². The van der Waals surface area contributed by atoms with Crippen LogP contribution in [0.15, 0.2) is 22.9 Å². The van der Waals surface area contributed by atoms with E-state index in [4.69, 9.17) is 10.3 Å². The van der Waals surface area contributed by atoms with Gasteiger partial charge in [0.25, 0.3) is 5.89 Å². The maximum Gasteiger partial charge on any atom is 0.276 e. The van der Waals surface area contributed by atoms with E-state index >= 15 is 0 Å². The Balaban J connectivity index is 0.00000121. The van der Waals surface area contributed by atoms with Crippen LogP contribution in [0.3, 0.4) is 0 Å². The minimum atomic E-state index is -0.379. The Labute approximate surface area is 123 Å². The van der Waals surface area contributed by atoms with Crippen LogP contribution in [0, 0.1) is 0 Å². The van der Waals surface area contributed by atoms with Gasteiger partial charge in [0.05, 0.1) is 5.54 Å². The van der Waals surface area contributed by atoms with Crippen LogP contribution < -0.4 is 5.73 Å². The molecule has 2 aromatic rings. The van der Waals surface area contributed by atoms with Crippen molar-refractivity contribution in [1.29, 1.82) is 0 Å². The first-order valence-corrected chi connectivity index (χ1v) is 6.84. The van der Waals surface area contributed by atoms with Gasteiger partial charge < -0.3 is 10.3 Å². The van der Waals surface area contributed by atoms with Crippen molar-refractivity contribution < 1.29 is 4.52 Å². The Bertz CT molecular complexity index is 602. The van der Waals surface area contributed by atoms with E-state index in [2.05, 4.69) is 21.2 Å². The molecule has 0 amide bonds. The van der Waals surface area contributed by atoms with Crippen LogP contribution >= 0.6 is 12.4 Å².